The molecule has 6 heteroatoms. The Hall–Kier alpha value is -2.73. The molecule has 1 amide bonds. The lowest BCUT2D eigenvalue weighted by molar-refractivity contribution is -0.123. The largest absolute Gasteiger partial charge is 0.478 e. The van der Waals surface area contributed by atoms with Gasteiger partial charge >= 0.3 is 0 Å². The summed E-state index contributed by atoms with van der Waals surface area (Å²) >= 11 is 0. The van der Waals surface area contributed by atoms with E-state index in [0.717, 1.165) is 24.5 Å². The summed E-state index contributed by atoms with van der Waals surface area (Å²) < 4.78 is 11.6. The summed E-state index contributed by atoms with van der Waals surface area (Å²) in [5.74, 6) is 0.613. The second-order valence-electron chi connectivity index (χ2n) is 7.55. The van der Waals surface area contributed by atoms with Crippen molar-refractivity contribution >= 4 is 28.7 Å². The van der Waals surface area contributed by atoms with E-state index in [1.807, 2.05) is 25.1 Å². The van der Waals surface area contributed by atoms with Gasteiger partial charge in [-0.15, -0.1) is 0 Å². The average molecular weight is 381 g/mol. The number of rotatable bonds is 4. The van der Waals surface area contributed by atoms with E-state index in [-0.39, 0.29) is 18.1 Å². The lowest BCUT2D eigenvalue weighted by Crippen LogP contribution is -2.45. The quantitative estimate of drug-likeness (QED) is 0.833. The predicted molar refractivity (Wildman–Crippen MR) is 112 cm³/mol. The molecule has 1 saturated heterocycles. The van der Waals surface area contributed by atoms with Crippen LogP contribution in [0, 0.1) is 0 Å². The van der Waals surface area contributed by atoms with E-state index in [9.17, 15) is 4.79 Å². The van der Waals surface area contributed by atoms with Gasteiger partial charge < -0.3 is 25.0 Å². The van der Waals surface area contributed by atoms with Crippen molar-refractivity contribution in [1.82, 2.24) is 0 Å². The molecule has 0 spiro atoms. The Labute approximate surface area is 165 Å². The number of hydrogen-bond donors (Lipinski definition) is 2. The van der Waals surface area contributed by atoms with E-state index in [1.54, 1.807) is 0 Å². The summed E-state index contributed by atoms with van der Waals surface area (Å²) in [6, 6.07) is 14.2. The van der Waals surface area contributed by atoms with Crippen molar-refractivity contribution in [1.29, 1.82) is 0 Å². The van der Waals surface area contributed by atoms with Crippen molar-refractivity contribution in [3.8, 4) is 5.75 Å². The molecule has 4 rings (SSSR count). The van der Waals surface area contributed by atoms with Crippen molar-refractivity contribution in [2.75, 3.05) is 28.6 Å². The van der Waals surface area contributed by atoms with Crippen LogP contribution in [0.3, 0.4) is 0 Å². The van der Waals surface area contributed by atoms with Gasteiger partial charge in [0, 0.05) is 36.2 Å². The monoisotopic (exact) mass is 381 g/mol. The third-order valence-corrected chi connectivity index (χ3v) is 5.11. The highest BCUT2D eigenvalue weighted by Gasteiger charge is 2.26. The number of hydrogen-bond acceptors (Lipinski definition) is 5. The number of nitrogens with zero attached hydrogens (tertiary/aromatic N) is 1. The molecule has 0 radical (unpaired) electrons. The van der Waals surface area contributed by atoms with Gasteiger partial charge in [-0.05, 0) is 56.7 Å². The van der Waals surface area contributed by atoms with Crippen LogP contribution >= 0.6 is 0 Å². The second kappa shape index (κ2) is 7.72. The minimum absolute atomic E-state index is 0.0851. The summed E-state index contributed by atoms with van der Waals surface area (Å²) in [7, 11) is 0. The zero-order valence-corrected chi connectivity index (χ0v) is 16.6. The summed E-state index contributed by atoms with van der Waals surface area (Å²) in [6.45, 7) is 7.98. The lowest BCUT2D eigenvalue weighted by atomic mass is 10.1. The number of ether oxygens (including phenoxy) is 2. The number of benzene rings is 2. The van der Waals surface area contributed by atoms with Crippen molar-refractivity contribution in [3.05, 3.63) is 42.5 Å². The number of carbonyl (C=O) groups is 1. The Morgan fingerprint density at radius 3 is 2.43 bits per heavy atom. The highest BCUT2D eigenvalue weighted by atomic mass is 16.5. The molecule has 2 N–H and O–H groups in total. The van der Waals surface area contributed by atoms with E-state index >= 15 is 0 Å². The van der Waals surface area contributed by atoms with Crippen molar-refractivity contribution in [2.45, 2.75) is 45.5 Å². The van der Waals surface area contributed by atoms with Crippen LogP contribution in [0.2, 0.25) is 0 Å². The van der Waals surface area contributed by atoms with E-state index in [1.165, 1.54) is 5.69 Å². The summed E-state index contributed by atoms with van der Waals surface area (Å²) in [4.78, 5) is 14.3. The third kappa shape index (κ3) is 3.92. The molecule has 2 aliphatic rings. The van der Waals surface area contributed by atoms with E-state index in [0.29, 0.717) is 17.9 Å². The van der Waals surface area contributed by atoms with Gasteiger partial charge in [-0.1, -0.05) is 6.92 Å². The van der Waals surface area contributed by atoms with Crippen molar-refractivity contribution in [3.63, 3.8) is 0 Å². The zero-order valence-electron chi connectivity index (χ0n) is 16.6. The fraction of sp³-hybridized carbons (Fsp3) is 0.409. The van der Waals surface area contributed by atoms with Gasteiger partial charge in [0.15, 0.2) is 6.10 Å². The number of carbonyl (C=O) groups excluding carboxylic acids is 1. The maximum atomic E-state index is 11.9. The van der Waals surface area contributed by atoms with Gasteiger partial charge in [0.05, 0.1) is 17.9 Å². The van der Waals surface area contributed by atoms with Crippen LogP contribution in [-0.4, -0.2) is 37.3 Å². The molecule has 2 aromatic carbocycles. The maximum Gasteiger partial charge on any atom is 0.265 e. The van der Waals surface area contributed by atoms with Gasteiger partial charge in [-0.25, -0.2) is 0 Å². The topological polar surface area (TPSA) is 62.8 Å². The first kappa shape index (κ1) is 18.6. The molecule has 0 aromatic heterocycles. The first-order chi connectivity index (χ1) is 13.5. The number of nitrogens with one attached hydrogen (secondary N) is 2. The van der Waals surface area contributed by atoms with Crippen LogP contribution in [0.25, 0.3) is 0 Å². The van der Waals surface area contributed by atoms with Crippen LogP contribution in [0.15, 0.2) is 42.5 Å². The molecule has 0 saturated carbocycles. The molecular formula is C22H27N3O3. The van der Waals surface area contributed by atoms with Gasteiger partial charge in [0.2, 0.25) is 0 Å². The highest BCUT2D eigenvalue weighted by molar-refractivity contribution is 5.98. The molecule has 28 heavy (non-hydrogen) atoms. The van der Waals surface area contributed by atoms with E-state index in [2.05, 4.69) is 53.6 Å². The van der Waals surface area contributed by atoms with E-state index in [4.69, 9.17) is 9.47 Å². The predicted octanol–water partition coefficient (Wildman–Crippen LogP) is 4.15. The van der Waals surface area contributed by atoms with Crippen LogP contribution < -0.4 is 20.3 Å². The molecule has 3 unspecified atom stereocenters. The molecule has 2 aliphatic heterocycles. The third-order valence-electron chi connectivity index (χ3n) is 5.11. The van der Waals surface area contributed by atoms with Crippen LogP contribution in [-0.2, 0) is 9.53 Å². The molecule has 2 aromatic rings. The molecule has 0 aliphatic carbocycles. The Morgan fingerprint density at radius 1 is 1.07 bits per heavy atom. The molecule has 2 heterocycles. The molecule has 6 nitrogen and oxygen atoms in total. The number of fused-ring (bicyclic) bond motifs is 1. The second-order valence-corrected chi connectivity index (χ2v) is 7.55. The fourth-order valence-corrected chi connectivity index (χ4v) is 3.80. The first-order valence-electron chi connectivity index (χ1n) is 9.91. The zero-order chi connectivity index (χ0) is 19.7. The SMILES string of the molecule is CCC1Oc2cc(Nc3ccc(N4CC(C)OC(C)C4)cc3)ccc2NC1=O. The minimum atomic E-state index is -0.430. The molecule has 3 atom stereocenters. The molecule has 1 fully saturated rings. The van der Waals surface area contributed by atoms with Crippen LogP contribution in [0.1, 0.15) is 27.2 Å². The normalized spacial score (nSPS) is 24.2. The summed E-state index contributed by atoms with van der Waals surface area (Å²) in [6.07, 6.45) is 0.692. The van der Waals surface area contributed by atoms with E-state index < -0.39 is 6.10 Å². The van der Waals surface area contributed by atoms with Gasteiger partial charge in [-0.2, -0.15) is 0 Å². The molecule has 148 valence electrons. The van der Waals surface area contributed by atoms with Crippen LogP contribution in [0.4, 0.5) is 22.7 Å². The Kier molecular flexibility index (Phi) is 5.13. The smallest absolute Gasteiger partial charge is 0.265 e. The highest BCUT2D eigenvalue weighted by Crippen LogP contribution is 2.34. The maximum absolute atomic E-state index is 11.9. The Balaban J connectivity index is 1.46. The Bertz CT molecular complexity index is 843. The van der Waals surface area contributed by atoms with Crippen molar-refractivity contribution < 1.29 is 14.3 Å². The average Bonchev–Trinajstić information content (AvgIpc) is 2.67. The standard InChI is InChI=1S/C22H27N3O3/c1-4-20-22(26)24-19-10-7-17(11-21(19)28-20)23-16-5-8-18(9-6-16)25-12-14(2)27-15(3)13-25/h5-11,14-15,20,23H,4,12-13H2,1-3H3,(H,24,26). The van der Waals surface area contributed by atoms with Gasteiger partial charge in [-0.3, -0.25) is 4.79 Å². The number of morpholine rings is 1. The van der Waals surface area contributed by atoms with Gasteiger partial charge in [0.25, 0.3) is 5.91 Å². The lowest BCUT2D eigenvalue weighted by Gasteiger charge is -2.36. The van der Waals surface area contributed by atoms with Crippen molar-refractivity contribution in [2.24, 2.45) is 0 Å². The van der Waals surface area contributed by atoms with Gasteiger partial charge in [0.1, 0.15) is 5.75 Å². The molecule has 0 bridgehead atoms. The van der Waals surface area contributed by atoms with Crippen LogP contribution in [0.5, 0.6) is 5.75 Å². The fourth-order valence-electron chi connectivity index (χ4n) is 3.80. The molecular weight excluding hydrogens is 354 g/mol. The summed E-state index contributed by atoms with van der Waals surface area (Å²) in [5, 5.41) is 6.31. The summed E-state index contributed by atoms with van der Waals surface area (Å²) in [5.41, 5.74) is 3.84. The first-order valence-corrected chi connectivity index (χ1v) is 9.91. The number of amides is 1. The Morgan fingerprint density at radius 2 is 1.75 bits per heavy atom. The number of anilines is 4. The minimum Gasteiger partial charge on any atom is -0.478 e.